The molecule has 0 heterocycles. The first-order valence-corrected chi connectivity index (χ1v) is 6.21. The molecule has 16 heavy (non-hydrogen) atoms. The number of hydrogen-bond acceptors (Lipinski definition) is 3. The molecule has 0 radical (unpaired) electrons. The van der Waals surface area contributed by atoms with Crippen LogP contribution in [0.5, 0.6) is 0 Å². The van der Waals surface area contributed by atoms with Gasteiger partial charge in [-0.25, -0.2) is 0 Å². The number of nitrogens with two attached hydrogens (primary N) is 1. The molecule has 96 valence electrons. The van der Waals surface area contributed by atoms with Gasteiger partial charge in [0.05, 0.1) is 13.0 Å². The third kappa shape index (κ3) is 6.80. The molecule has 2 N–H and O–H groups in total. The molecule has 1 unspecified atom stereocenters. The van der Waals surface area contributed by atoms with E-state index in [9.17, 15) is 4.79 Å². The average Bonchev–Trinajstić information content (AvgIpc) is 2.30. The van der Waals surface area contributed by atoms with E-state index in [-0.39, 0.29) is 5.91 Å². The van der Waals surface area contributed by atoms with E-state index >= 15 is 0 Å². The Kier molecular flexibility index (Phi) is 9.24. The van der Waals surface area contributed by atoms with Crippen LogP contribution in [0.1, 0.15) is 33.6 Å². The maximum absolute atomic E-state index is 11.8. The van der Waals surface area contributed by atoms with Crippen molar-refractivity contribution in [2.45, 2.75) is 33.6 Å². The second-order valence-electron chi connectivity index (χ2n) is 4.14. The Morgan fingerprint density at radius 1 is 1.38 bits per heavy atom. The van der Waals surface area contributed by atoms with Crippen LogP contribution in [0.4, 0.5) is 0 Å². The molecule has 0 fully saturated rings. The second kappa shape index (κ2) is 9.60. The van der Waals surface area contributed by atoms with Gasteiger partial charge in [-0.2, -0.15) is 0 Å². The highest BCUT2D eigenvalue weighted by Gasteiger charge is 2.13. The smallest absolute Gasteiger partial charge is 0.224 e. The number of amides is 1. The minimum absolute atomic E-state index is 0.166. The predicted molar refractivity (Wildman–Crippen MR) is 66.2 cm³/mol. The van der Waals surface area contributed by atoms with Gasteiger partial charge in [0.2, 0.25) is 5.91 Å². The fourth-order valence-corrected chi connectivity index (χ4v) is 1.42. The number of hydrogen-bond donors (Lipinski definition) is 1. The average molecular weight is 230 g/mol. The van der Waals surface area contributed by atoms with Gasteiger partial charge in [0.25, 0.3) is 0 Å². The van der Waals surface area contributed by atoms with Gasteiger partial charge in [-0.05, 0) is 25.8 Å². The first-order chi connectivity index (χ1) is 7.65. The van der Waals surface area contributed by atoms with Crippen LogP contribution in [0, 0.1) is 5.92 Å². The molecule has 0 saturated heterocycles. The molecule has 0 aromatic rings. The van der Waals surface area contributed by atoms with Gasteiger partial charge < -0.3 is 15.4 Å². The highest BCUT2D eigenvalue weighted by Crippen LogP contribution is 2.01. The van der Waals surface area contributed by atoms with Gasteiger partial charge in [0, 0.05) is 19.7 Å². The largest absolute Gasteiger partial charge is 0.381 e. The van der Waals surface area contributed by atoms with Crippen molar-refractivity contribution in [2.75, 3.05) is 32.8 Å². The Morgan fingerprint density at radius 2 is 2.06 bits per heavy atom. The van der Waals surface area contributed by atoms with E-state index in [4.69, 9.17) is 10.5 Å². The summed E-state index contributed by atoms with van der Waals surface area (Å²) in [5.41, 5.74) is 5.55. The predicted octanol–water partition coefficient (Wildman–Crippen LogP) is 1.25. The van der Waals surface area contributed by atoms with Gasteiger partial charge >= 0.3 is 0 Å². The monoisotopic (exact) mass is 230 g/mol. The highest BCUT2D eigenvalue weighted by molar-refractivity contribution is 5.76. The number of carbonyl (C=O) groups is 1. The topological polar surface area (TPSA) is 55.6 Å². The zero-order valence-electron chi connectivity index (χ0n) is 10.9. The zero-order chi connectivity index (χ0) is 12.4. The third-order valence-electron chi connectivity index (χ3n) is 2.48. The standard InChI is InChI=1S/C12H26N2O2/c1-4-7-16-8-6-12(15)14(5-2)10-11(3)9-13/h11H,4-10,13H2,1-3H3. The molecular weight excluding hydrogens is 204 g/mol. The molecule has 0 aromatic heterocycles. The minimum atomic E-state index is 0.166. The maximum atomic E-state index is 11.8. The third-order valence-corrected chi connectivity index (χ3v) is 2.48. The number of carbonyl (C=O) groups excluding carboxylic acids is 1. The number of nitrogens with zero attached hydrogens (tertiary/aromatic N) is 1. The van der Waals surface area contributed by atoms with E-state index in [1.807, 2.05) is 11.8 Å². The lowest BCUT2D eigenvalue weighted by molar-refractivity contribution is -0.132. The number of rotatable bonds is 9. The van der Waals surface area contributed by atoms with Crippen molar-refractivity contribution in [1.82, 2.24) is 4.90 Å². The normalized spacial score (nSPS) is 12.5. The summed E-state index contributed by atoms with van der Waals surface area (Å²) in [6.07, 6.45) is 1.47. The van der Waals surface area contributed by atoms with Crippen LogP contribution in [0.15, 0.2) is 0 Å². The summed E-state index contributed by atoms with van der Waals surface area (Å²) in [7, 11) is 0. The summed E-state index contributed by atoms with van der Waals surface area (Å²) in [6.45, 7) is 9.49. The zero-order valence-corrected chi connectivity index (χ0v) is 10.9. The minimum Gasteiger partial charge on any atom is -0.381 e. The summed E-state index contributed by atoms with van der Waals surface area (Å²) in [6, 6.07) is 0. The van der Waals surface area contributed by atoms with Crippen LogP contribution >= 0.6 is 0 Å². The molecule has 0 aliphatic rings. The van der Waals surface area contributed by atoms with Crippen LogP contribution < -0.4 is 5.73 Å². The van der Waals surface area contributed by atoms with Crippen molar-refractivity contribution in [1.29, 1.82) is 0 Å². The molecule has 4 nitrogen and oxygen atoms in total. The summed E-state index contributed by atoms with van der Waals surface area (Å²) >= 11 is 0. The maximum Gasteiger partial charge on any atom is 0.224 e. The molecule has 0 aliphatic carbocycles. The fraction of sp³-hybridized carbons (Fsp3) is 0.917. The molecule has 0 aromatic carbocycles. The molecule has 4 heteroatoms. The van der Waals surface area contributed by atoms with Crippen LogP contribution in [-0.2, 0) is 9.53 Å². The van der Waals surface area contributed by atoms with Crippen molar-refractivity contribution in [3.8, 4) is 0 Å². The van der Waals surface area contributed by atoms with E-state index in [0.717, 1.165) is 26.1 Å². The van der Waals surface area contributed by atoms with Gasteiger partial charge in [-0.1, -0.05) is 13.8 Å². The van der Waals surface area contributed by atoms with E-state index in [1.54, 1.807) is 0 Å². The van der Waals surface area contributed by atoms with Gasteiger partial charge in [0.15, 0.2) is 0 Å². The van der Waals surface area contributed by atoms with E-state index in [1.165, 1.54) is 0 Å². The first kappa shape index (κ1) is 15.4. The summed E-state index contributed by atoms with van der Waals surface area (Å²) in [5, 5.41) is 0. The first-order valence-electron chi connectivity index (χ1n) is 6.21. The van der Waals surface area contributed by atoms with Crippen LogP contribution in [-0.4, -0.2) is 43.7 Å². The summed E-state index contributed by atoms with van der Waals surface area (Å²) in [4.78, 5) is 13.6. The Bertz CT molecular complexity index is 186. The Morgan fingerprint density at radius 3 is 2.56 bits per heavy atom. The SMILES string of the molecule is CCCOCCC(=O)N(CC)CC(C)CN. The molecule has 1 atom stereocenters. The Balaban J connectivity index is 3.82. The molecule has 0 aliphatic heterocycles. The van der Waals surface area contributed by atoms with Crippen LogP contribution in [0.25, 0.3) is 0 Å². The Labute approximate surface area is 99.1 Å². The van der Waals surface area contributed by atoms with Crippen molar-refractivity contribution < 1.29 is 9.53 Å². The van der Waals surface area contributed by atoms with Gasteiger partial charge in [-0.3, -0.25) is 4.79 Å². The lowest BCUT2D eigenvalue weighted by Crippen LogP contribution is -2.37. The van der Waals surface area contributed by atoms with Crippen LogP contribution in [0.2, 0.25) is 0 Å². The molecular formula is C12H26N2O2. The molecule has 1 amide bonds. The summed E-state index contributed by atoms with van der Waals surface area (Å²) in [5.74, 6) is 0.527. The molecule has 0 saturated carbocycles. The van der Waals surface area contributed by atoms with Crippen molar-refractivity contribution in [3.63, 3.8) is 0 Å². The lowest BCUT2D eigenvalue weighted by atomic mass is 10.1. The highest BCUT2D eigenvalue weighted by atomic mass is 16.5. The molecule has 0 rings (SSSR count). The Hall–Kier alpha value is -0.610. The van der Waals surface area contributed by atoms with E-state index < -0.39 is 0 Å². The lowest BCUT2D eigenvalue weighted by Gasteiger charge is -2.24. The fourth-order valence-electron chi connectivity index (χ4n) is 1.42. The van der Waals surface area contributed by atoms with Crippen molar-refractivity contribution in [2.24, 2.45) is 11.7 Å². The van der Waals surface area contributed by atoms with Crippen LogP contribution in [0.3, 0.4) is 0 Å². The quantitative estimate of drug-likeness (QED) is 0.606. The van der Waals surface area contributed by atoms with E-state index in [0.29, 0.717) is 25.5 Å². The van der Waals surface area contributed by atoms with Gasteiger partial charge in [-0.15, -0.1) is 0 Å². The summed E-state index contributed by atoms with van der Waals surface area (Å²) < 4.78 is 5.31. The molecule has 0 bridgehead atoms. The van der Waals surface area contributed by atoms with Crippen molar-refractivity contribution >= 4 is 5.91 Å². The van der Waals surface area contributed by atoms with Crippen molar-refractivity contribution in [3.05, 3.63) is 0 Å². The second-order valence-corrected chi connectivity index (χ2v) is 4.14. The van der Waals surface area contributed by atoms with Gasteiger partial charge in [0.1, 0.15) is 0 Å². The molecule has 0 spiro atoms. The number of ether oxygens (including phenoxy) is 1. The van der Waals surface area contributed by atoms with E-state index in [2.05, 4.69) is 13.8 Å².